The number of rotatable bonds is 3. The van der Waals surface area contributed by atoms with Gasteiger partial charge in [0.1, 0.15) is 12.6 Å². The topological polar surface area (TPSA) is 102 Å². The second kappa shape index (κ2) is 6.26. The zero-order chi connectivity index (χ0) is 17.4. The van der Waals surface area contributed by atoms with Gasteiger partial charge in [-0.05, 0) is 25.2 Å². The van der Waals surface area contributed by atoms with Gasteiger partial charge in [-0.3, -0.25) is 18.7 Å². The second-order valence-electron chi connectivity index (χ2n) is 6.63. The fourth-order valence-electron chi connectivity index (χ4n) is 4.00. The van der Waals surface area contributed by atoms with Crippen LogP contribution in [-0.2, 0) is 23.2 Å². The highest BCUT2D eigenvalue weighted by molar-refractivity contribution is 5.84. The van der Waals surface area contributed by atoms with Gasteiger partial charge in [0.2, 0.25) is 5.91 Å². The van der Waals surface area contributed by atoms with E-state index in [2.05, 4.69) is 0 Å². The quantitative estimate of drug-likeness (QED) is 0.824. The van der Waals surface area contributed by atoms with Crippen molar-refractivity contribution < 1.29 is 14.7 Å². The Labute approximate surface area is 138 Å². The number of carboxylic acids is 1. The van der Waals surface area contributed by atoms with Crippen molar-refractivity contribution in [3.8, 4) is 0 Å². The van der Waals surface area contributed by atoms with Crippen molar-refractivity contribution in [2.45, 2.75) is 50.7 Å². The van der Waals surface area contributed by atoms with E-state index in [1.165, 1.54) is 24.2 Å². The Balaban J connectivity index is 1.87. The Morgan fingerprint density at radius 2 is 1.96 bits per heavy atom. The fourth-order valence-corrected chi connectivity index (χ4v) is 4.00. The van der Waals surface area contributed by atoms with E-state index in [4.69, 9.17) is 0 Å². The summed E-state index contributed by atoms with van der Waals surface area (Å²) in [6.45, 7) is -0.250. The third-order valence-electron chi connectivity index (χ3n) is 5.23. The van der Waals surface area contributed by atoms with Gasteiger partial charge in [-0.2, -0.15) is 0 Å². The third-order valence-corrected chi connectivity index (χ3v) is 5.23. The molecule has 2 heterocycles. The lowest BCUT2D eigenvalue weighted by Crippen LogP contribution is -2.49. The van der Waals surface area contributed by atoms with E-state index in [0.29, 0.717) is 6.42 Å². The van der Waals surface area contributed by atoms with Gasteiger partial charge in [-0.1, -0.05) is 12.8 Å². The molecule has 3 rings (SSSR count). The van der Waals surface area contributed by atoms with Crippen molar-refractivity contribution in [2.24, 2.45) is 13.0 Å². The van der Waals surface area contributed by atoms with E-state index in [9.17, 15) is 24.3 Å². The molecule has 1 N–H and O–H groups in total. The number of likely N-dealkylation sites (tertiary alicyclic amines) is 1. The van der Waals surface area contributed by atoms with Crippen molar-refractivity contribution in [3.63, 3.8) is 0 Å². The first-order chi connectivity index (χ1) is 11.4. The summed E-state index contributed by atoms with van der Waals surface area (Å²) in [5.41, 5.74) is -1.03. The van der Waals surface area contributed by atoms with Crippen molar-refractivity contribution in [3.05, 3.63) is 33.1 Å². The van der Waals surface area contributed by atoms with Gasteiger partial charge >= 0.3 is 11.7 Å². The number of aromatic nitrogens is 2. The molecule has 130 valence electrons. The van der Waals surface area contributed by atoms with E-state index in [1.807, 2.05) is 0 Å². The van der Waals surface area contributed by atoms with Crippen LogP contribution in [0.25, 0.3) is 0 Å². The predicted molar refractivity (Wildman–Crippen MR) is 84.6 cm³/mol. The van der Waals surface area contributed by atoms with Crippen LogP contribution in [0, 0.1) is 5.92 Å². The van der Waals surface area contributed by atoms with E-state index in [-0.39, 0.29) is 24.4 Å². The van der Waals surface area contributed by atoms with Crippen molar-refractivity contribution in [1.29, 1.82) is 0 Å². The van der Waals surface area contributed by atoms with Gasteiger partial charge in [0.15, 0.2) is 0 Å². The highest BCUT2D eigenvalue weighted by Gasteiger charge is 2.47. The molecule has 8 heteroatoms. The molecule has 0 bridgehead atoms. The summed E-state index contributed by atoms with van der Waals surface area (Å²) in [6.07, 6.45) is 5.56. The molecule has 2 aliphatic rings. The zero-order valence-electron chi connectivity index (χ0n) is 13.6. The lowest BCUT2D eigenvalue weighted by atomic mass is 9.85. The summed E-state index contributed by atoms with van der Waals surface area (Å²) in [5, 5.41) is 9.47. The average molecular weight is 335 g/mol. The molecule has 24 heavy (non-hydrogen) atoms. The first kappa shape index (κ1) is 16.5. The normalized spacial score (nSPS) is 26.2. The fraction of sp³-hybridized carbons (Fsp3) is 0.625. The third kappa shape index (κ3) is 2.76. The number of hydrogen-bond acceptors (Lipinski definition) is 4. The minimum Gasteiger partial charge on any atom is -0.480 e. The maximum atomic E-state index is 12.7. The molecule has 1 aliphatic heterocycles. The smallest absolute Gasteiger partial charge is 0.331 e. The molecular formula is C16H21N3O5. The van der Waals surface area contributed by atoms with E-state index >= 15 is 0 Å². The maximum absolute atomic E-state index is 12.7. The summed E-state index contributed by atoms with van der Waals surface area (Å²) in [5.74, 6) is -1.15. The van der Waals surface area contributed by atoms with Crippen molar-refractivity contribution in [2.75, 3.05) is 0 Å². The Hall–Kier alpha value is -2.38. The molecule has 0 spiro atoms. The van der Waals surface area contributed by atoms with Crippen LogP contribution in [0.5, 0.6) is 0 Å². The zero-order valence-corrected chi connectivity index (χ0v) is 13.6. The molecule has 1 aromatic rings. The minimum atomic E-state index is -0.995. The van der Waals surface area contributed by atoms with Gasteiger partial charge in [0.05, 0.1) is 0 Å². The molecule has 0 unspecified atom stereocenters. The number of carboxylic acid groups (broad SMARTS) is 1. The first-order valence-corrected chi connectivity index (χ1v) is 8.20. The number of aliphatic carboxylic acids is 1. The maximum Gasteiger partial charge on any atom is 0.331 e. The van der Waals surface area contributed by atoms with Crippen LogP contribution in [0.2, 0.25) is 0 Å². The van der Waals surface area contributed by atoms with Crippen LogP contribution in [0.15, 0.2) is 21.9 Å². The van der Waals surface area contributed by atoms with Crippen LogP contribution in [0.1, 0.15) is 32.1 Å². The summed E-state index contributed by atoms with van der Waals surface area (Å²) >= 11 is 0. The number of carbonyl (C=O) groups is 2. The molecule has 1 amide bonds. The minimum absolute atomic E-state index is 0.0596. The number of hydrogen-bond donors (Lipinski definition) is 1. The van der Waals surface area contributed by atoms with Crippen LogP contribution in [0.3, 0.4) is 0 Å². The second-order valence-corrected chi connectivity index (χ2v) is 6.63. The Morgan fingerprint density at radius 1 is 1.25 bits per heavy atom. The molecule has 1 saturated heterocycles. The summed E-state index contributed by atoms with van der Waals surface area (Å²) < 4.78 is 2.08. The highest BCUT2D eigenvalue weighted by atomic mass is 16.4. The number of fused-ring (bicyclic) bond motifs is 1. The van der Waals surface area contributed by atoms with Crippen molar-refractivity contribution in [1.82, 2.24) is 14.0 Å². The van der Waals surface area contributed by atoms with E-state index < -0.39 is 23.3 Å². The molecule has 0 aromatic carbocycles. The van der Waals surface area contributed by atoms with Crippen LogP contribution in [-0.4, -0.2) is 43.1 Å². The van der Waals surface area contributed by atoms with Crippen LogP contribution in [0.4, 0.5) is 0 Å². The number of amides is 1. The molecule has 2 fully saturated rings. The highest BCUT2D eigenvalue weighted by Crippen LogP contribution is 2.39. The number of nitrogens with zero attached hydrogens (tertiary/aromatic N) is 3. The first-order valence-electron chi connectivity index (χ1n) is 8.20. The summed E-state index contributed by atoms with van der Waals surface area (Å²) in [7, 11) is 1.35. The van der Waals surface area contributed by atoms with Gasteiger partial charge in [0, 0.05) is 25.4 Å². The molecule has 8 nitrogen and oxygen atoms in total. The molecule has 0 radical (unpaired) electrons. The predicted octanol–water partition coefficient (Wildman–Crippen LogP) is -0.209. The molecule has 1 aromatic heterocycles. The molecule has 1 aliphatic carbocycles. The molecular weight excluding hydrogens is 314 g/mol. The lowest BCUT2D eigenvalue weighted by Gasteiger charge is -2.33. The van der Waals surface area contributed by atoms with Gasteiger partial charge < -0.3 is 10.0 Å². The Bertz CT molecular complexity index is 781. The SMILES string of the molecule is Cn1c(=O)ccn(CC(=O)N2[C@@H]3CCCC[C@@H]3C[C@H]2C(=O)O)c1=O. The summed E-state index contributed by atoms with van der Waals surface area (Å²) in [6, 6.07) is 0.334. The largest absolute Gasteiger partial charge is 0.480 e. The summed E-state index contributed by atoms with van der Waals surface area (Å²) in [4.78, 5) is 49.3. The van der Waals surface area contributed by atoms with Gasteiger partial charge in [-0.25, -0.2) is 9.59 Å². The standard InChI is InChI=1S/C16H21N3O5/c1-17-13(20)6-7-18(16(17)24)9-14(21)19-11-5-3-2-4-10(11)8-12(19)15(22)23/h6-7,10-12H,2-5,8-9H2,1H3,(H,22,23)/t10-,11-,12+/m1/s1. The molecule has 3 atom stereocenters. The van der Waals surface area contributed by atoms with Crippen LogP contribution < -0.4 is 11.2 Å². The average Bonchev–Trinajstić information content (AvgIpc) is 2.95. The van der Waals surface area contributed by atoms with Gasteiger partial charge in [-0.15, -0.1) is 0 Å². The lowest BCUT2D eigenvalue weighted by molar-refractivity contribution is -0.150. The van der Waals surface area contributed by atoms with E-state index in [0.717, 1.165) is 34.8 Å². The van der Waals surface area contributed by atoms with Crippen LogP contribution >= 0.6 is 0 Å². The number of carbonyl (C=O) groups excluding carboxylic acids is 1. The van der Waals surface area contributed by atoms with Crippen molar-refractivity contribution >= 4 is 11.9 Å². The van der Waals surface area contributed by atoms with E-state index in [1.54, 1.807) is 0 Å². The Kier molecular flexibility index (Phi) is 4.29. The van der Waals surface area contributed by atoms with Gasteiger partial charge in [0.25, 0.3) is 5.56 Å². The molecule has 1 saturated carbocycles. The Morgan fingerprint density at radius 3 is 2.67 bits per heavy atom. The monoisotopic (exact) mass is 335 g/mol.